The van der Waals surface area contributed by atoms with Crippen molar-refractivity contribution in [2.45, 2.75) is 276 Å². The number of aliphatic hydroxyl groups is 1. The molecule has 71 heavy (non-hydrogen) atoms. The predicted molar refractivity (Wildman–Crippen MR) is 309 cm³/mol. The Morgan fingerprint density at radius 3 is 1.23 bits per heavy atom. The summed E-state index contributed by atoms with van der Waals surface area (Å²) in [4.78, 5) is 23.3. The molecule has 0 aliphatic rings. The van der Waals surface area contributed by atoms with Crippen LogP contribution in [0.1, 0.15) is 264 Å². The van der Waals surface area contributed by atoms with E-state index in [4.69, 9.17) is 9.05 Å². The van der Waals surface area contributed by atoms with Crippen molar-refractivity contribution in [1.29, 1.82) is 0 Å². The van der Waals surface area contributed by atoms with Crippen LogP contribution in [0.3, 0.4) is 0 Å². The topological polar surface area (TPSA) is 105 Å². The average Bonchev–Trinajstić information content (AvgIpc) is 3.33. The molecular weight excluding hydrogens is 900 g/mol. The number of unbranched alkanes of at least 4 members (excludes halogenated alkanes) is 31. The van der Waals surface area contributed by atoms with Crippen LogP contribution < -0.4 is 5.32 Å². The molecule has 8 nitrogen and oxygen atoms in total. The summed E-state index contributed by atoms with van der Waals surface area (Å²) in [6, 6.07) is -0.872. The summed E-state index contributed by atoms with van der Waals surface area (Å²) in [5, 5.41) is 13.9. The van der Waals surface area contributed by atoms with Crippen molar-refractivity contribution >= 4 is 13.7 Å². The highest BCUT2D eigenvalue weighted by Gasteiger charge is 2.27. The highest BCUT2D eigenvalue weighted by Crippen LogP contribution is 2.43. The number of amides is 1. The van der Waals surface area contributed by atoms with Gasteiger partial charge in [-0.15, -0.1) is 0 Å². The molecule has 0 heterocycles. The number of phosphoric ester groups is 1. The minimum atomic E-state index is -4.36. The fourth-order valence-corrected chi connectivity index (χ4v) is 9.17. The van der Waals surface area contributed by atoms with Gasteiger partial charge >= 0.3 is 7.82 Å². The van der Waals surface area contributed by atoms with Gasteiger partial charge in [-0.2, -0.15) is 0 Å². The first-order valence-electron chi connectivity index (χ1n) is 29.8. The summed E-state index contributed by atoms with van der Waals surface area (Å²) in [5.41, 5.74) is 0. The molecule has 0 saturated carbocycles. The Balaban J connectivity index is 4.10. The van der Waals surface area contributed by atoms with Gasteiger partial charge in [0.25, 0.3) is 0 Å². The minimum absolute atomic E-state index is 0.0522. The Labute approximate surface area is 440 Å². The van der Waals surface area contributed by atoms with Gasteiger partial charge in [-0.3, -0.25) is 13.8 Å². The van der Waals surface area contributed by atoms with E-state index in [1.54, 1.807) is 6.08 Å². The van der Waals surface area contributed by atoms with Gasteiger partial charge in [0.2, 0.25) is 5.91 Å². The second-order valence-electron chi connectivity index (χ2n) is 21.3. The van der Waals surface area contributed by atoms with Crippen LogP contribution in [-0.4, -0.2) is 73.4 Å². The van der Waals surface area contributed by atoms with E-state index in [2.05, 4.69) is 79.9 Å². The highest BCUT2D eigenvalue weighted by molar-refractivity contribution is 7.47. The Morgan fingerprint density at radius 2 is 0.817 bits per heavy atom. The number of carbonyl (C=O) groups is 1. The summed E-state index contributed by atoms with van der Waals surface area (Å²) in [6.45, 7) is 4.77. The predicted octanol–water partition coefficient (Wildman–Crippen LogP) is 18.3. The molecule has 0 bridgehead atoms. The first-order chi connectivity index (χ1) is 34.5. The molecule has 9 heteroatoms. The molecule has 0 radical (unpaired) electrons. The normalized spacial score (nSPS) is 14.4. The van der Waals surface area contributed by atoms with Gasteiger partial charge in [0.1, 0.15) is 13.2 Å². The standard InChI is InChI=1S/C62H115N2O6P/c1-6-8-10-12-14-16-18-20-22-24-25-26-27-28-29-30-31-32-33-34-35-36-37-38-39-40-42-44-46-48-50-52-54-56-62(66)63-60(59-70-71(67,68)69-58-57-64(3,4)5)61(65)55-53-51-49-47-45-43-41-23-21-19-17-15-13-11-9-7-2/h18,20-21,23-25,27-28,45,47,53,55,60-61,65H,6-17,19,22,26,29-44,46,48-52,54,56-59H2,1-5H3,(H-,63,66,67,68)/p+1/b20-18-,23-21+,25-24-,28-27-,47-45+,55-53+. The number of hydrogen-bond donors (Lipinski definition) is 3. The van der Waals surface area contributed by atoms with Gasteiger partial charge in [-0.25, -0.2) is 4.57 Å². The number of nitrogens with zero attached hydrogens (tertiary/aromatic N) is 1. The fourth-order valence-electron chi connectivity index (χ4n) is 8.43. The van der Waals surface area contributed by atoms with Crippen molar-refractivity contribution in [3.63, 3.8) is 0 Å². The number of rotatable bonds is 54. The lowest BCUT2D eigenvalue weighted by molar-refractivity contribution is -0.870. The van der Waals surface area contributed by atoms with E-state index >= 15 is 0 Å². The number of carbonyl (C=O) groups excluding carboxylic acids is 1. The molecule has 0 aromatic carbocycles. The lowest BCUT2D eigenvalue weighted by Crippen LogP contribution is -2.45. The third-order valence-corrected chi connectivity index (χ3v) is 14.1. The molecule has 0 spiro atoms. The Kier molecular flexibility index (Phi) is 51.3. The van der Waals surface area contributed by atoms with E-state index in [-0.39, 0.29) is 19.1 Å². The van der Waals surface area contributed by atoms with Crippen molar-refractivity contribution in [1.82, 2.24) is 5.32 Å². The fraction of sp³-hybridized carbons (Fsp3) is 0.790. The molecule has 3 unspecified atom stereocenters. The quantitative estimate of drug-likeness (QED) is 0.0243. The SMILES string of the molecule is CCCCCCC/C=C\C/C=C\C/C=C\CCCCCCCCCCCCCCCCCCCCC(=O)NC(COP(=O)(O)OCC[N+](C)(C)C)C(O)/C=C/CC/C=C/CC/C=C/CCCCCCCC. The first kappa shape index (κ1) is 68.9. The third kappa shape index (κ3) is 55.5. The second kappa shape index (κ2) is 52.8. The molecule has 0 aromatic heterocycles. The number of nitrogens with one attached hydrogen (secondary N) is 1. The molecule has 0 aliphatic carbocycles. The van der Waals surface area contributed by atoms with Crippen LogP contribution in [0.4, 0.5) is 0 Å². The zero-order valence-electron chi connectivity index (χ0n) is 47.2. The number of hydrogen-bond acceptors (Lipinski definition) is 5. The van der Waals surface area contributed by atoms with Crippen LogP contribution >= 0.6 is 7.82 Å². The largest absolute Gasteiger partial charge is 0.472 e. The molecule has 0 rings (SSSR count). The van der Waals surface area contributed by atoms with Crippen LogP contribution in [0.25, 0.3) is 0 Å². The van der Waals surface area contributed by atoms with Crippen molar-refractivity contribution in [3.8, 4) is 0 Å². The summed E-state index contributed by atoms with van der Waals surface area (Å²) in [6.07, 6.45) is 73.0. The van der Waals surface area contributed by atoms with Crippen LogP contribution in [0.15, 0.2) is 72.9 Å². The monoisotopic (exact) mass is 1020 g/mol. The van der Waals surface area contributed by atoms with Crippen molar-refractivity contribution in [2.75, 3.05) is 40.9 Å². The molecule has 3 N–H and O–H groups in total. The molecule has 0 aliphatic heterocycles. The smallest absolute Gasteiger partial charge is 0.387 e. The zero-order valence-corrected chi connectivity index (χ0v) is 48.1. The third-order valence-electron chi connectivity index (χ3n) is 13.1. The van der Waals surface area contributed by atoms with Gasteiger partial charge in [0.05, 0.1) is 39.9 Å². The van der Waals surface area contributed by atoms with Crippen LogP contribution in [0, 0.1) is 0 Å². The van der Waals surface area contributed by atoms with Gasteiger partial charge in [-0.05, 0) is 83.5 Å². The number of phosphoric acid groups is 1. The van der Waals surface area contributed by atoms with Crippen LogP contribution in [-0.2, 0) is 18.4 Å². The van der Waals surface area contributed by atoms with E-state index in [0.29, 0.717) is 17.4 Å². The Hall–Kier alpha value is -2.06. The van der Waals surface area contributed by atoms with Crippen LogP contribution in [0.2, 0.25) is 0 Å². The van der Waals surface area contributed by atoms with Gasteiger partial charge in [-0.1, -0.05) is 247 Å². The zero-order chi connectivity index (χ0) is 52.0. The van der Waals surface area contributed by atoms with E-state index in [9.17, 15) is 19.4 Å². The molecule has 0 aromatic rings. The van der Waals surface area contributed by atoms with Crippen molar-refractivity contribution in [2.24, 2.45) is 0 Å². The highest BCUT2D eigenvalue weighted by atomic mass is 31.2. The molecule has 0 saturated heterocycles. The summed E-state index contributed by atoms with van der Waals surface area (Å²) in [5.74, 6) is -0.190. The van der Waals surface area contributed by atoms with Crippen LogP contribution in [0.5, 0.6) is 0 Å². The minimum Gasteiger partial charge on any atom is -0.387 e. The Morgan fingerprint density at radius 1 is 0.479 bits per heavy atom. The van der Waals surface area contributed by atoms with Crippen molar-refractivity contribution in [3.05, 3.63) is 72.9 Å². The van der Waals surface area contributed by atoms with Gasteiger partial charge in [0.15, 0.2) is 0 Å². The van der Waals surface area contributed by atoms with E-state index < -0.39 is 20.0 Å². The van der Waals surface area contributed by atoms with Gasteiger partial charge < -0.3 is 19.8 Å². The Bertz CT molecular complexity index is 1380. The van der Waals surface area contributed by atoms with E-state index in [1.165, 1.54) is 186 Å². The van der Waals surface area contributed by atoms with Gasteiger partial charge in [0, 0.05) is 6.42 Å². The maximum Gasteiger partial charge on any atom is 0.472 e. The maximum atomic E-state index is 13.0. The summed E-state index contributed by atoms with van der Waals surface area (Å²) in [7, 11) is 1.55. The lowest BCUT2D eigenvalue weighted by atomic mass is 10.0. The maximum absolute atomic E-state index is 13.0. The molecule has 414 valence electrons. The van der Waals surface area contributed by atoms with E-state index in [1.807, 2.05) is 27.2 Å². The summed E-state index contributed by atoms with van der Waals surface area (Å²) >= 11 is 0. The first-order valence-corrected chi connectivity index (χ1v) is 31.3. The molecular formula is C62H116N2O6P+. The summed E-state index contributed by atoms with van der Waals surface area (Å²) < 4.78 is 23.7. The van der Waals surface area contributed by atoms with Crippen molar-refractivity contribution < 1.29 is 32.9 Å². The number of aliphatic hydroxyl groups excluding tert-OH is 1. The number of quaternary nitrogens is 1. The van der Waals surface area contributed by atoms with E-state index in [0.717, 1.165) is 57.8 Å². The number of allylic oxidation sites excluding steroid dienone is 11. The average molecular weight is 1020 g/mol. The second-order valence-corrected chi connectivity index (χ2v) is 22.8. The lowest BCUT2D eigenvalue weighted by Gasteiger charge is -2.25. The number of likely N-dealkylation sites (N-methyl/N-ethyl adjacent to an activating group) is 1. The molecule has 1 amide bonds. The molecule has 0 fully saturated rings. The molecule has 3 atom stereocenters.